The molecule has 20 heavy (non-hydrogen) atoms. The average molecular weight is 283 g/mol. The lowest BCUT2D eigenvalue weighted by molar-refractivity contribution is -0.137. The van der Waals surface area contributed by atoms with E-state index in [0.717, 1.165) is 19.4 Å². The molecule has 1 heterocycles. The molecule has 0 aromatic carbocycles. The first kappa shape index (κ1) is 17.0. The van der Waals surface area contributed by atoms with E-state index in [1.807, 2.05) is 18.7 Å². The number of hydrogen-bond acceptors (Lipinski definition) is 3. The first-order valence-corrected chi connectivity index (χ1v) is 7.67. The van der Waals surface area contributed by atoms with Crippen LogP contribution in [0, 0.1) is 11.8 Å². The van der Waals surface area contributed by atoms with Crippen LogP contribution in [-0.2, 0) is 9.59 Å². The number of rotatable bonds is 5. The average Bonchev–Trinajstić information content (AvgIpc) is 2.43. The SMILES string of the molecule is CC(C)C1CCCCN1C(=O)CNC(=O)[C@@H](N)C(C)C. The van der Waals surface area contributed by atoms with Crippen molar-refractivity contribution in [1.82, 2.24) is 10.2 Å². The summed E-state index contributed by atoms with van der Waals surface area (Å²) in [5, 5.41) is 2.67. The van der Waals surface area contributed by atoms with Crippen molar-refractivity contribution < 1.29 is 9.59 Å². The maximum absolute atomic E-state index is 12.3. The Morgan fingerprint density at radius 2 is 1.90 bits per heavy atom. The smallest absolute Gasteiger partial charge is 0.242 e. The van der Waals surface area contributed by atoms with Gasteiger partial charge in [-0.05, 0) is 31.1 Å². The molecule has 5 heteroatoms. The molecule has 0 aliphatic carbocycles. The van der Waals surface area contributed by atoms with Crippen molar-refractivity contribution in [2.24, 2.45) is 17.6 Å². The quantitative estimate of drug-likeness (QED) is 0.794. The fourth-order valence-electron chi connectivity index (χ4n) is 2.65. The number of piperidine rings is 1. The van der Waals surface area contributed by atoms with Gasteiger partial charge in [0.15, 0.2) is 0 Å². The molecule has 0 aromatic rings. The van der Waals surface area contributed by atoms with Gasteiger partial charge in [-0.15, -0.1) is 0 Å². The largest absolute Gasteiger partial charge is 0.346 e. The maximum Gasteiger partial charge on any atom is 0.242 e. The zero-order valence-corrected chi connectivity index (χ0v) is 13.2. The summed E-state index contributed by atoms with van der Waals surface area (Å²) in [6, 6.07) is -0.253. The third-order valence-corrected chi connectivity index (χ3v) is 4.07. The Morgan fingerprint density at radius 3 is 2.45 bits per heavy atom. The number of nitrogens with two attached hydrogens (primary N) is 1. The summed E-state index contributed by atoms with van der Waals surface area (Å²) in [4.78, 5) is 26.0. The highest BCUT2D eigenvalue weighted by atomic mass is 16.2. The van der Waals surface area contributed by atoms with Gasteiger partial charge in [0.25, 0.3) is 0 Å². The van der Waals surface area contributed by atoms with Gasteiger partial charge in [-0.2, -0.15) is 0 Å². The van der Waals surface area contributed by atoms with Crippen LogP contribution < -0.4 is 11.1 Å². The molecule has 116 valence electrons. The Balaban J connectivity index is 2.51. The molecule has 1 fully saturated rings. The molecule has 0 spiro atoms. The Labute approximate surface area is 122 Å². The Hall–Kier alpha value is -1.10. The van der Waals surface area contributed by atoms with E-state index >= 15 is 0 Å². The predicted molar refractivity (Wildman–Crippen MR) is 80.0 cm³/mol. The first-order chi connectivity index (χ1) is 9.34. The van der Waals surface area contributed by atoms with Gasteiger partial charge in [0.1, 0.15) is 0 Å². The summed E-state index contributed by atoms with van der Waals surface area (Å²) in [6.45, 7) is 8.93. The molecule has 1 rings (SSSR count). The van der Waals surface area contributed by atoms with Gasteiger partial charge in [-0.25, -0.2) is 0 Å². The number of nitrogens with one attached hydrogen (secondary N) is 1. The van der Waals surface area contributed by atoms with Crippen molar-refractivity contribution in [2.75, 3.05) is 13.1 Å². The highest BCUT2D eigenvalue weighted by Crippen LogP contribution is 2.22. The molecule has 1 aliphatic rings. The van der Waals surface area contributed by atoms with E-state index in [1.54, 1.807) is 0 Å². The van der Waals surface area contributed by atoms with E-state index in [-0.39, 0.29) is 24.3 Å². The standard InChI is InChI=1S/C15H29N3O2/c1-10(2)12-7-5-6-8-18(12)13(19)9-17-15(20)14(16)11(3)4/h10-12,14H,5-9,16H2,1-4H3,(H,17,20)/t12?,14-/m0/s1. The number of carbonyl (C=O) groups is 2. The molecule has 1 saturated heterocycles. The third kappa shape index (κ3) is 4.47. The Bertz CT molecular complexity index is 342. The second-order valence-electron chi connectivity index (χ2n) is 6.38. The summed E-state index contributed by atoms with van der Waals surface area (Å²) in [6.07, 6.45) is 3.29. The second kappa shape index (κ2) is 7.62. The monoisotopic (exact) mass is 283 g/mol. The summed E-state index contributed by atoms with van der Waals surface area (Å²) in [5.74, 6) is 0.288. The molecule has 0 bridgehead atoms. The van der Waals surface area contributed by atoms with Crippen molar-refractivity contribution in [3.8, 4) is 0 Å². The van der Waals surface area contributed by atoms with Crippen LogP contribution in [0.3, 0.4) is 0 Å². The molecule has 0 saturated carbocycles. The van der Waals surface area contributed by atoms with Gasteiger partial charge >= 0.3 is 0 Å². The van der Waals surface area contributed by atoms with Gasteiger partial charge in [0, 0.05) is 12.6 Å². The van der Waals surface area contributed by atoms with Gasteiger partial charge < -0.3 is 16.0 Å². The number of carbonyl (C=O) groups excluding carboxylic acids is 2. The van der Waals surface area contributed by atoms with E-state index in [9.17, 15) is 9.59 Å². The number of likely N-dealkylation sites (tertiary alicyclic amines) is 1. The lowest BCUT2D eigenvalue weighted by Gasteiger charge is -2.38. The van der Waals surface area contributed by atoms with Crippen LogP contribution in [0.25, 0.3) is 0 Å². The van der Waals surface area contributed by atoms with Crippen LogP contribution in [0.1, 0.15) is 47.0 Å². The number of amides is 2. The van der Waals surface area contributed by atoms with E-state index < -0.39 is 6.04 Å². The van der Waals surface area contributed by atoms with Gasteiger partial charge in [0.05, 0.1) is 12.6 Å². The minimum Gasteiger partial charge on any atom is -0.346 e. The van der Waals surface area contributed by atoms with Crippen molar-refractivity contribution in [2.45, 2.75) is 59.0 Å². The molecule has 1 aliphatic heterocycles. The lowest BCUT2D eigenvalue weighted by atomic mass is 9.92. The van der Waals surface area contributed by atoms with E-state index in [2.05, 4.69) is 19.2 Å². The molecule has 1 unspecified atom stereocenters. The molecular formula is C15H29N3O2. The van der Waals surface area contributed by atoms with Crippen LogP contribution in [-0.4, -0.2) is 41.9 Å². The summed E-state index contributed by atoms with van der Waals surface area (Å²) in [5.41, 5.74) is 5.76. The van der Waals surface area contributed by atoms with E-state index in [1.165, 1.54) is 6.42 Å². The Kier molecular flexibility index (Phi) is 6.46. The first-order valence-electron chi connectivity index (χ1n) is 7.67. The van der Waals surface area contributed by atoms with Crippen LogP contribution >= 0.6 is 0 Å². The van der Waals surface area contributed by atoms with Gasteiger partial charge in [0.2, 0.25) is 11.8 Å². The third-order valence-electron chi connectivity index (χ3n) is 4.07. The highest BCUT2D eigenvalue weighted by Gasteiger charge is 2.29. The summed E-state index contributed by atoms with van der Waals surface area (Å²) < 4.78 is 0. The van der Waals surface area contributed by atoms with Crippen LogP contribution in [0.5, 0.6) is 0 Å². The molecule has 0 aromatic heterocycles. The zero-order chi connectivity index (χ0) is 15.3. The van der Waals surface area contributed by atoms with Crippen molar-refractivity contribution in [3.05, 3.63) is 0 Å². The molecule has 2 amide bonds. The maximum atomic E-state index is 12.3. The normalized spacial score (nSPS) is 21.1. The van der Waals surface area contributed by atoms with E-state index in [0.29, 0.717) is 12.0 Å². The van der Waals surface area contributed by atoms with Crippen LogP contribution in [0.4, 0.5) is 0 Å². The van der Waals surface area contributed by atoms with E-state index in [4.69, 9.17) is 5.73 Å². The Morgan fingerprint density at radius 1 is 1.25 bits per heavy atom. The fourth-order valence-corrected chi connectivity index (χ4v) is 2.65. The molecule has 2 atom stereocenters. The second-order valence-corrected chi connectivity index (χ2v) is 6.38. The minimum absolute atomic E-state index is 0.00714. The van der Waals surface area contributed by atoms with Crippen molar-refractivity contribution >= 4 is 11.8 Å². The number of hydrogen-bond donors (Lipinski definition) is 2. The van der Waals surface area contributed by atoms with Gasteiger partial charge in [-0.1, -0.05) is 27.7 Å². The lowest BCUT2D eigenvalue weighted by Crippen LogP contribution is -2.52. The van der Waals surface area contributed by atoms with Gasteiger partial charge in [-0.3, -0.25) is 9.59 Å². The molecule has 5 nitrogen and oxygen atoms in total. The van der Waals surface area contributed by atoms with Crippen molar-refractivity contribution in [1.29, 1.82) is 0 Å². The number of nitrogens with zero attached hydrogens (tertiary/aromatic N) is 1. The van der Waals surface area contributed by atoms with Crippen LogP contribution in [0.15, 0.2) is 0 Å². The summed E-state index contributed by atoms with van der Waals surface area (Å²) in [7, 11) is 0. The fraction of sp³-hybridized carbons (Fsp3) is 0.867. The molecular weight excluding hydrogens is 254 g/mol. The predicted octanol–water partition coefficient (Wildman–Crippen LogP) is 1.12. The molecule has 3 N–H and O–H groups in total. The topological polar surface area (TPSA) is 75.4 Å². The zero-order valence-electron chi connectivity index (χ0n) is 13.2. The molecule has 0 radical (unpaired) electrons. The minimum atomic E-state index is -0.551. The van der Waals surface area contributed by atoms with Crippen molar-refractivity contribution in [3.63, 3.8) is 0 Å². The summed E-state index contributed by atoms with van der Waals surface area (Å²) >= 11 is 0. The van der Waals surface area contributed by atoms with Crippen LogP contribution in [0.2, 0.25) is 0 Å². The highest BCUT2D eigenvalue weighted by molar-refractivity contribution is 5.87.